The molecular formula is C21H33ClO5Si. The Hall–Kier alpha value is -0.923. The number of ether oxygens (including phenoxy) is 3. The van der Waals surface area contributed by atoms with Gasteiger partial charge < -0.3 is 18.6 Å². The molecule has 0 aromatic heterocycles. The molecule has 2 rings (SSSR count). The predicted molar refractivity (Wildman–Crippen MR) is 113 cm³/mol. The van der Waals surface area contributed by atoms with Gasteiger partial charge in [-0.2, -0.15) is 0 Å². The van der Waals surface area contributed by atoms with Gasteiger partial charge in [-0.05, 0) is 30.6 Å². The van der Waals surface area contributed by atoms with Crippen molar-refractivity contribution >= 4 is 25.9 Å². The summed E-state index contributed by atoms with van der Waals surface area (Å²) in [7, 11) is -2.03. The van der Waals surface area contributed by atoms with Crippen LogP contribution in [0.5, 0.6) is 0 Å². The quantitative estimate of drug-likeness (QED) is 0.352. The summed E-state index contributed by atoms with van der Waals surface area (Å²) in [6.45, 7) is 13.3. The molecule has 5 nitrogen and oxygen atoms in total. The summed E-state index contributed by atoms with van der Waals surface area (Å²) in [6, 6.07) is 9.89. The van der Waals surface area contributed by atoms with Gasteiger partial charge in [-0.25, -0.2) is 0 Å². The van der Waals surface area contributed by atoms with Crippen LogP contribution in [0.15, 0.2) is 30.3 Å². The summed E-state index contributed by atoms with van der Waals surface area (Å²) in [5.74, 6) is -0.648. The number of carbonyl (C=O) groups excluding carboxylic acids is 1. The lowest BCUT2D eigenvalue weighted by atomic mass is 10.0. The van der Waals surface area contributed by atoms with Crippen LogP contribution < -0.4 is 0 Å². The van der Waals surface area contributed by atoms with Gasteiger partial charge in [0.15, 0.2) is 14.6 Å². The van der Waals surface area contributed by atoms with E-state index in [2.05, 4.69) is 33.9 Å². The second-order valence-corrected chi connectivity index (χ2v) is 13.8. The minimum absolute atomic E-state index is 0.0581. The first-order valence-corrected chi connectivity index (χ1v) is 13.2. The van der Waals surface area contributed by atoms with Gasteiger partial charge in [0.25, 0.3) is 0 Å². The van der Waals surface area contributed by atoms with Crippen LogP contribution >= 0.6 is 11.6 Å². The second kappa shape index (κ2) is 9.72. The first kappa shape index (κ1) is 23.4. The van der Waals surface area contributed by atoms with Crippen LogP contribution in [0.3, 0.4) is 0 Å². The van der Waals surface area contributed by atoms with Crippen molar-refractivity contribution in [1.82, 2.24) is 0 Å². The summed E-state index contributed by atoms with van der Waals surface area (Å²) in [6.07, 6.45) is -1.13. The fraction of sp³-hybridized carbons (Fsp3) is 0.667. The van der Waals surface area contributed by atoms with E-state index < -0.39 is 26.7 Å². The molecule has 1 aliphatic heterocycles. The molecule has 158 valence electrons. The maximum atomic E-state index is 11.9. The topological polar surface area (TPSA) is 54.0 Å². The first-order chi connectivity index (χ1) is 13.0. The number of hydrogen-bond donors (Lipinski definition) is 0. The van der Waals surface area contributed by atoms with Gasteiger partial charge in [-0.1, -0.05) is 51.1 Å². The first-order valence-electron chi connectivity index (χ1n) is 9.78. The largest absolute Gasteiger partial charge is 0.458 e. The average Bonchev–Trinajstić information content (AvgIpc) is 2.60. The molecule has 0 aliphatic carbocycles. The van der Waals surface area contributed by atoms with Gasteiger partial charge in [0.05, 0.1) is 12.7 Å². The van der Waals surface area contributed by atoms with E-state index in [0.717, 1.165) is 5.56 Å². The molecule has 1 aromatic rings. The fourth-order valence-corrected chi connectivity index (χ4v) is 4.13. The fourth-order valence-electron chi connectivity index (χ4n) is 2.90. The molecule has 0 spiro atoms. The van der Waals surface area contributed by atoms with Gasteiger partial charge >= 0.3 is 5.97 Å². The molecule has 0 N–H and O–H groups in total. The number of halogens is 1. The van der Waals surface area contributed by atoms with Crippen LogP contribution in [0.2, 0.25) is 18.1 Å². The molecule has 0 amide bonds. The highest BCUT2D eigenvalue weighted by molar-refractivity contribution is 6.74. The molecule has 0 saturated carbocycles. The van der Waals surface area contributed by atoms with Crippen molar-refractivity contribution in [2.45, 2.75) is 83.5 Å². The van der Waals surface area contributed by atoms with Crippen LogP contribution in [0, 0.1) is 0 Å². The van der Waals surface area contributed by atoms with Gasteiger partial charge in [-0.3, -0.25) is 4.79 Å². The van der Waals surface area contributed by atoms with Gasteiger partial charge in [0.1, 0.15) is 18.1 Å². The average molecular weight is 429 g/mol. The van der Waals surface area contributed by atoms with E-state index in [1.54, 1.807) is 0 Å². The zero-order valence-electron chi connectivity index (χ0n) is 17.7. The molecule has 4 atom stereocenters. The molecule has 1 fully saturated rings. The Morgan fingerprint density at radius 2 is 1.89 bits per heavy atom. The van der Waals surface area contributed by atoms with Crippen LogP contribution in [0.1, 0.15) is 39.7 Å². The van der Waals surface area contributed by atoms with Gasteiger partial charge in [-0.15, -0.1) is 11.6 Å². The Labute approximate surface area is 174 Å². The van der Waals surface area contributed by atoms with E-state index in [-0.39, 0.29) is 23.1 Å². The van der Waals surface area contributed by atoms with Crippen molar-refractivity contribution in [1.29, 1.82) is 0 Å². The maximum absolute atomic E-state index is 11.9. The Bertz CT molecular complexity index is 631. The highest BCUT2D eigenvalue weighted by atomic mass is 35.5. The lowest BCUT2D eigenvalue weighted by Crippen LogP contribution is -2.54. The van der Waals surface area contributed by atoms with Crippen molar-refractivity contribution < 1.29 is 23.4 Å². The smallest absolute Gasteiger partial charge is 0.321 e. The van der Waals surface area contributed by atoms with Crippen LogP contribution in [0.4, 0.5) is 0 Å². The summed E-state index contributed by atoms with van der Waals surface area (Å²) < 4.78 is 24.2. The number of rotatable bonds is 7. The SMILES string of the molecule is C[C@@H]1O[C@H](O[Si](C)(C)C(C)(C)C)C[C@H](OC(=O)CCl)[C@@H]1OCc1ccccc1. The zero-order chi connectivity index (χ0) is 20.9. The van der Waals surface area contributed by atoms with Crippen LogP contribution in [-0.2, 0) is 30.0 Å². The minimum atomic E-state index is -2.03. The van der Waals surface area contributed by atoms with Crippen LogP contribution in [0.25, 0.3) is 0 Å². The maximum Gasteiger partial charge on any atom is 0.321 e. The summed E-state index contributed by atoms with van der Waals surface area (Å²) in [4.78, 5) is 11.9. The van der Waals surface area contributed by atoms with Crippen LogP contribution in [-0.4, -0.2) is 44.8 Å². The number of alkyl halides is 1. The van der Waals surface area contributed by atoms with E-state index >= 15 is 0 Å². The molecule has 1 aliphatic rings. The van der Waals surface area contributed by atoms with Crippen molar-refractivity contribution in [2.75, 3.05) is 5.88 Å². The third-order valence-electron chi connectivity index (χ3n) is 5.53. The normalized spacial score (nSPS) is 26.1. The minimum Gasteiger partial charge on any atom is -0.458 e. The second-order valence-electron chi connectivity index (χ2n) is 8.81. The van der Waals surface area contributed by atoms with E-state index in [1.807, 2.05) is 37.3 Å². The lowest BCUT2D eigenvalue weighted by molar-refractivity contribution is -0.241. The number of esters is 1. The Morgan fingerprint density at radius 3 is 2.46 bits per heavy atom. The molecule has 1 heterocycles. The zero-order valence-corrected chi connectivity index (χ0v) is 19.5. The molecule has 7 heteroatoms. The van der Waals surface area contributed by atoms with E-state index in [0.29, 0.717) is 13.0 Å². The summed E-state index contributed by atoms with van der Waals surface area (Å²) in [5, 5.41) is 0.0581. The molecule has 1 saturated heterocycles. The van der Waals surface area contributed by atoms with Gasteiger partial charge in [0, 0.05) is 6.42 Å². The molecule has 28 heavy (non-hydrogen) atoms. The standard InChI is InChI=1S/C21H33ClO5Si/c1-15-20(24-14-16-10-8-7-9-11-16)17(26-18(23)13-22)12-19(25-15)27-28(5,6)21(2,3)4/h7-11,15,17,19-20H,12-14H2,1-6H3/t15-,17-,19+,20+/m0/s1. The molecule has 0 bridgehead atoms. The molecule has 0 unspecified atom stereocenters. The molecular weight excluding hydrogens is 396 g/mol. The number of hydrogen-bond acceptors (Lipinski definition) is 5. The third kappa shape index (κ3) is 6.29. The van der Waals surface area contributed by atoms with E-state index in [4.69, 9.17) is 30.2 Å². The number of carbonyl (C=O) groups is 1. The molecule has 0 radical (unpaired) electrons. The summed E-state index contributed by atoms with van der Waals surface area (Å²) in [5.41, 5.74) is 1.05. The Morgan fingerprint density at radius 1 is 1.25 bits per heavy atom. The highest BCUT2D eigenvalue weighted by Gasteiger charge is 2.45. The van der Waals surface area contributed by atoms with E-state index in [1.165, 1.54) is 0 Å². The molecule has 1 aromatic carbocycles. The monoisotopic (exact) mass is 428 g/mol. The van der Waals surface area contributed by atoms with Crippen molar-refractivity contribution in [3.8, 4) is 0 Å². The third-order valence-corrected chi connectivity index (χ3v) is 10.2. The Kier molecular flexibility index (Phi) is 8.11. The van der Waals surface area contributed by atoms with Crippen molar-refractivity contribution in [3.05, 3.63) is 35.9 Å². The lowest BCUT2D eigenvalue weighted by Gasteiger charge is -2.44. The number of benzene rings is 1. The van der Waals surface area contributed by atoms with Crippen molar-refractivity contribution in [3.63, 3.8) is 0 Å². The van der Waals surface area contributed by atoms with Crippen molar-refractivity contribution in [2.24, 2.45) is 0 Å². The summed E-state index contributed by atoms with van der Waals surface area (Å²) >= 11 is 5.66. The van der Waals surface area contributed by atoms with E-state index in [9.17, 15) is 4.79 Å². The highest BCUT2D eigenvalue weighted by Crippen LogP contribution is 2.39. The Balaban J connectivity index is 2.09. The predicted octanol–water partition coefficient (Wildman–Crippen LogP) is 4.88. The van der Waals surface area contributed by atoms with Gasteiger partial charge in [0.2, 0.25) is 0 Å².